The Hall–Kier alpha value is -2.24. The Bertz CT molecular complexity index is 1510. The van der Waals surface area contributed by atoms with Crippen molar-refractivity contribution in [3.63, 3.8) is 0 Å². The number of hydrogen-bond donors (Lipinski definition) is 0. The fourth-order valence-electron chi connectivity index (χ4n) is 7.92. The maximum Gasteiger partial charge on any atom is 2.00 e. The summed E-state index contributed by atoms with van der Waals surface area (Å²) >= 11 is 0. The van der Waals surface area contributed by atoms with Gasteiger partial charge in [-0.25, -0.2) is 5.73 Å². The van der Waals surface area contributed by atoms with Crippen LogP contribution in [-0.4, -0.2) is 31.2 Å². The third kappa shape index (κ3) is 8.87. The minimum Gasteiger partial charge on any atom is -0.496 e. The van der Waals surface area contributed by atoms with Gasteiger partial charge in [0.15, 0.2) is 0 Å². The van der Waals surface area contributed by atoms with Gasteiger partial charge in [0.25, 0.3) is 0 Å². The van der Waals surface area contributed by atoms with E-state index in [1.165, 1.54) is 108 Å². The number of hydrogen-bond acceptors (Lipinski definition) is 2. The van der Waals surface area contributed by atoms with Crippen LogP contribution in [0.25, 0.3) is 0 Å². The van der Waals surface area contributed by atoms with Gasteiger partial charge in [-0.05, 0) is 122 Å². The fraction of sp³-hybridized carbons (Fsp3) is 0.476. The predicted octanol–water partition coefficient (Wildman–Crippen LogP) is 10.1. The summed E-state index contributed by atoms with van der Waals surface area (Å²) in [6.45, 7) is 11.3. The van der Waals surface area contributed by atoms with Gasteiger partial charge in [-0.1, -0.05) is 59.0 Å². The molecule has 0 unspecified atom stereocenters. The summed E-state index contributed by atoms with van der Waals surface area (Å²) in [6, 6.07) is 9.42. The van der Waals surface area contributed by atoms with E-state index in [-0.39, 0.29) is 25.0 Å². The summed E-state index contributed by atoms with van der Waals surface area (Å²) in [5, 5.41) is 4.05. The first-order valence-electron chi connectivity index (χ1n) is 17.0. The molecule has 0 N–H and O–H groups in total. The summed E-state index contributed by atoms with van der Waals surface area (Å²) in [5.41, 5.74) is 19.7. The van der Waals surface area contributed by atoms with E-state index < -0.39 is 7.92 Å². The standard InChI is InChI=1S/C37H48O2P2.C5.Fe/c1-25-21-32(22-26(2)36(25)38-6)41(33-23-27(3)37(39-7)28(4)24-33)35-20-14-19-34(35)29(5)40(30-15-10-8-11-16-30)31-17-12-9-13-18-31;1-2-4-5-3-1;/h21-24,29-31H,8-13,15-18H2,1-7H3;;/q2*-1;+2/t29-;;/m1../s1. The number of ether oxygens (including phenoxy) is 2. The second-order valence-electron chi connectivity index (χ2n) is 13.0. The van der Waals surface area contributed by atoms with Crippen LogP contribution in [0.2, 0.25) is 0 Å². The fourth-order valence-corrected chi connectivity index (χ4v) is 15.1. The third-order valence-electron chi connectivity index (χ3n) is 9.84. The van der Waals surface area contributed by atoms with Gasteiger partial charge in [0.1, 0.15) is 11.5 Å². The molecule has 0 saturated heterocycles. The number of rotatable bonds is 9. The van der Waals surface area contributed by atoms with Crippen molar-refractivity contribution in [3.8, 4) is 11.5 Å². The van der Waals surface area contributed by atoms with E-state index in [0.29, 0.717) is 5.66 Å². The number of methoxy groups -OCH3 is 2. The van der Waals surface area contributed by atoms with E-state index in [4.69, 9.17) is 9.47 Å². The van der Waals surface area contributed by atoms with Gasteiger partial charge in [-0.3, -0.25) is 17.2 Å². The quantitative estimate of drug-likeness (QED) is 0.112. The Morgan fingerprint density at radius 3 is 1.53 bits per heavy atom. The molecular weight excluding hydrogens is 654 g/mol. The monoisotopic (exact) mass is 702 g/mol. The second-order valence-corrected chi connectivity index (χ2v) is 18.3. The first-order valence-corrected chi connectivity index (χ1v) is 19.9. The van der Waals surface area contributed by atoms with Crippen molar-refractivity contribution in [1.82, 2.24) is 0 Å². The average molecular weight is 703 g/mol. The van der Waals surface area contributed by atoms with Gasteiger partial charge < -0.3 is 9.47 Å². The zero-order chi connectivity index (χ0) is 32.6. The molecule has 4 aliphatic rings. The molecular formula is C42H48FeO2P2. The number of aryl methyl sites for hydroxylation is 4. The molecule has 0 amide bonds. The van der Waals surface area contributed by atoms with Crippen molar-refractivity contribution in [2.75, 3.05) is 14.2 Å². The first kappa shape index (κ1) is 37.6. The Morgan fingerprint density at radius 1 is 0.702 bits per heavy atom. The van der Waals surface area contributed by atoms with Crippen LogP contribution >= 0.6 is 15.8 Å². The number of benzene rings is 2. The summed E-state index contributed by atoms with van der Waals surface area (Å²) in [5.74, 6) is 1.98. The molecule has 4 aliphatic carbocycles. The zero-order valence-corrected chi connectivity index (χ0v) is 32.1. The minimum absolute atomic E-state index is 0. The first-order chi connectivity index (χ1) is 22.3. The molecule has 2 nitrogen and oxygen atoms in total. The van der Waals surface area contributed by atoms with E-state index in [9.17, 15) is 0 Å². The van der Waals surface area contributed by atoms with Crippen LogP contribution in [-0.2, 0) is 17.1 Å². The summed E-state index contributed by atoms with van der Waals surface area (Å²) in [7, 11) is 2.59. The van der Waals surface area contributed by atoms with Gasteiger partial charge in [-0.15, -0.1) is 31.5 Å². The van der Waals surface area contributed by atoms with Crippen molar-refractivity contribution >= 4 is 26.5 Å². The Morgan fingerprint density at radius 2 is 1.17 bits per heavy atom. The SMILES string of the molecule is COc1c(C)cc(P(C2=C=[C-][C]=C2[C@@H](C)P(C2CCCCC2)C2CCCCC2)c2cc(C)c(OC)c(C)c2)cc1C.[C]1=C=C=C=[C-]1.[Fe+2]. The summed E-state index contributed by atoms with van der Waals surface area (Å²) in [6.07, 6.45) is 26.3. The van der Waals surface area contributed by atoms with E-state index >= 15 is 0 Å². The van der Waals surface area contributed by atoms with Crippen LogP contribution in [0.1, 0.15) is 93.4 Å². The van der Waals surface area contributed by atoms with E-state index in [0.717, 1.165) is 22.8 Å². The molecule has 1 atom stereocenters. The molecule has 6 rings (SSSR count). The molecule has 2 aromatic carbocycles. The summed E-state index contributed by atoms with van der Waals surface area (Å²) < 4.78 is 11.6. The van der Waals surface area contributed by atoms with Crippen LogP contribution < -0.4 is 20.1 Å². The van der Waals surface area contributed by atoms with Gasteiger partial charge >= 0.3 is 17.1 Å². The molecule has 0 bridgehead atoms. The molecule has 0 aliphatic heterocycles. The van der Waals surface area contributed by atoms with Crippen LogP contribution in [0.3, 0.4) is 0 Å². The molecule has 2 saturated carbocycles. The van der Waals surface area contributed by atoms with Crippen LogP contribution in [0, 0.1) is 52.0 Å². The summed E-state index contributed by atoms with van der Waals surface area (Å²) in [4.78, 5) is 0. The molecule has 2 fully saturated rings. The maximum atomic E-state index is 5.78. The van der Waals surface area contributed by atoms with E-state index in [1.807, 2.05) is 0 Å². The second kappa shape index (κ2) is 18.0. The van der Waals surface area contributed by atoms with E-state index in [1.54, 1.807) is 14.2 Å². The van der Waals surface area contributed by atoms with Crippen LogP contribution in [0.5, 0.6) is 11.5 Å². The molecule has 0 spiro atoms. The van der Waals surface area contributed by atoms with Crippen molar-refractivity contribution in [1.29, 1.82) is 0 Å². The largest absolute Gasteiger partial charge is 2.00 e. The average Bonchev–Trinajstić information content (AvgIpc) is 3.79. The van der Waals surface area contributed by atoms with E-state index in [2.05, 4.69) is 106 Å². The molecule has 2 radical (unpaired) electrons. The maximum absolute atomic E-state index is 5.78. The van der Waals surface area contributed by atoms with Crippen LogP contribution in [0.15, 0.2) is 58.1 Å². The predicted molar refractivity (Wildman–Crippen MR) is 195 cm³/mol. The Kier molecular flexibility index (Phi) is 14.4. The van der Waals surface area contributed by atoms with Gasteiger partial charge in [-0.2, -0.15) is 11.6 Å². The third-order valence-corrected chi connectivity index (χ3v) is 16.1. The topological polar surface area (TPSA) is 18.5 Å². The van der Waals surface area contributed by atoms with Crippen LogP contribution in [0.4, 0.5) is 0 Å². The van der Waals surface area contributed by atoms with Gasteiger partial charge in [0.2, 0.25) is 0 Å². The zero-order valence-electron chi connectivity index (χ0n) is 29.2. The van der Waals surface area contributed by atoms with Crippen molar-refractivity contribution < 1.29 is 26.5 Å². The molecule has 5 heteroatoms. The smallest absolute Gasteiger partial charge is 0.496 e. The van der Waals surface area contributed by atoms with Gasteiger partial charge in [0.05, 0.1) is 14.2 Å². The number of allylic oxidation sites excluding steroid dienone is 5. The Labute approximate surface area is 297 Å². The molecule has 0 heterocycles. The Balaban J connectivity index is 0.000000762. The molecule has 246 valence electrons. The van der Waals surface area contributed by atoms with Crippen molar-refractivity contribution in [2.45, 2.75) is 116 Å². The normalized spacial score (nSPS) is 17.8. The molecule has 47 heavy (non-hydrogen) atoms. The van der Waals surface area contributed by atoms with Crippen molar-refractivity contribution in [3.05, 3.63) is 105 Å². The minimum atomic E-state index is -0.840. The molecule has 2 aromatic rings. The van der Waals surface area contributed by atoms with Gasteiger partial charge in [0, 0.05) is 0 Å². The van der Waals surface area contributed by atoms with Crippen molar-refractivity contribution in [2.24, 2.45) is 0 Å². The molecule has 0 aromatic heterocycles.